The quantitative estimate of drug-likeness (QED) is 0.205. The Bertz CT molecular complexity index is 1580. The Hall–Kier alpha value is -3.63. The summed E-state index contributed by atoms with van der Waals surface area (Å²) in [7, 11) is 0. The molecule has 5 aromatic rings. The molecule has 2 unspecified atom stereocenters. The van der Waals surface area contributed by atoms with Gasteiger partial charge in [-0.25, -0.2) is 14.4 Å². The van der Waals surface area contributed by atoms with E-state index in [1.165, 1.54) is 18.5 Å². The van der Waals surface area contributed by atoms with Gasteiger partial charge in [-0.3, -0.25) is 0 Å². The van der Waals surface area contributed by atoms with E-state index in [1.54, 1.807) is 36.6 Å². The van der Waals surface area contributed by atoms with E-state index in [9.17, 15) is 8.94 Å². The fourth-order valence-corrected chi connectivity index (χ4v) is 4.88. The zero-order valence-electron chi connectivity index (χ0n) is 20.4. The molecule has 0 bridgehead atoms. The molecule has 0 aliphatic heterocycles. The number of furan rings is 1. The van der Waals surface area contributed by atoms with Gasteiger partial charge in [0.2, 0.25) is 0 Å². The number of ether oxygens (including phenoxy) is 1. The Morgan fingerprint density at radius 1 is 1.11 bits per heavy atom. The largest absolute Gasteiger partial charge is 0.616 e. The first-order valence-electron chi connectivity index (χ1n) is 11.7. The van der Waals surface area contributed by atoms with E-state index in [4.69, 9.17) is 26.5 Å². The molecule has 7 nitrogen and oxygen atoms in total. The van der Waals surface area contributed by atoms with E-state index >= 15 is 0 Å². The molecular weight excluding hydrogens is 527 g/mol. The van der Waals surface area contributed by atoms with Crippen LogP contribution in [0.15, 0.2) is 83.5 Å². The van der Waals surface area contributed by atoms with Crippen molar-refractivity contribution in [1.29, 1.82) is 0 Å². The second-order valence-corrected chi connectivity index (χ2v) is 10.6. The van der Waals surface area contributed by atoms with Crippen molar-refractivity contribution in [2.45, 2.75) is 12.6 Å². The summed E-state index contributed by atoms with van der Waals surface area (Å²) in [6.07, 6.45) is 3.10. The Labute approximate surface area is 227 Å². The third kappa shape index (κ3) is 6.08. The van der Waals surface area contributed by atoms with Crippen LogP contribution in [0.2, 0.25) is 5.02 Å². The number of nitrogens with zero attached hydrogens (tertiary/aromatic N) is 2. The smallest absolute Gasteiger partial charge is 0.141 e. The normalized spacial score (nSPS) is 12.9. The topological polar surface area (TPSA) is 109 Å². The molecule has 2 aromatic heterocycles. The molecule has 194 valence electrons. The molecule has 0 saturated heterocycles. The van der Waals surface area contributed by atoms with Crippen molar-refractivity contribution in [2.75, 3.05) is 17.3 Å². The number of aromatic nitrogens is 2. The zero-order chi connectivity index (χ0) is 26.6. The van der Waals surface area contributed by atoms with Gasteiger partial charge in [0.05, 0.1) is 16.8 Å². The molecule has 0 amide bonds. The molecule has 0 fully saturated rings. The van der Waals surface area contributed by atoms with E-state index in [2.05, 4.69) is 15.3 Å². The lowest BCUT2D eigenvalue weighted by Gasteiger charge is -2.12. The van der Waals surface area contributed by atoms with Crippen LogP contribution in [0.25, 0.3) is 22.2 Å². The highest BCUT2D eigenvalue weighted by Gasteiger charge is 2.17. The highest BCUT2D eigenvalue weighted by atomic mass is 35.5. The number of halogens is 2. The summed E-state index contributed by atoms with van der Waals surface area (Å²) in [6.45, 7) is 0.194. The second-order valence-electron chi connectivity index (χ2n) is 8.69. The van der Waals surface area contributed by atoms with Gasteiger partial charge in [-0.1, -0.05) is 34.9 Å². The van der Waals surface area contributed by atoms with Gasteiger partial charge >= 0.3 is 0 Å². The van der Waals surface area contributed by atoms with Crippen molar-refractivity contribution in [2.24, 2.45) is 5.73 Å². The molecule has 10 heteroatoms. The lowest BCUT2D eigenvalue weighted by atomic mass is 10.1. The molecule has 0 spiro atoms. The third-order valence-electron chi connectivity index (χ3n) is 5.80. The number of fused-ring (bicyclic) bond motifs is 1. The highest BCUT2D eigenvalue weighted by Crippen LogP contribution is 2.33. The average Bonchev–Trinajstić information content (AvgIpc) is 3.39. The number of nitrogens with two attached hydrogens (primary N) is 1. The van der Waals surface area contributed by atoms with Crippen LogP contribution in [0.5, 0.6) is 5.75 Å². The summed E-state index contributed by atoms with van der Waals surface area (Å²) >= 11 is 5.43. The lowest BCUT2D eigenvalue weighted by Crippen LogP contribution is -2.20. The minimum Gasteiger partial charge on any atom is -0.616 e. The third-order valence-corrected chi connectivity index (χ3v) is 6.93. The fraction of sp³-hybridized carbons (Fsp3) is 0.143. The second kappa shape index (κ2) is 11.4. The molecule has 38 heavy (non-hydrogen) atoms. The predicted octanol–water partition coefficient (Wildman–Crippen LogP) is 6.38. The van der Waals surface area contributed by atoms with Crippen LogP contribution in [0.4, 0.5) is 15.9 Å². The predicted molar refractivity (Wildman–Crippen MR) is 149 cm³/mol. The molecule has 0 saturated carbocycles. The Morgan fingerprint density at radius 3 is 2.76 bits per heavy atom. The first kappa shape index (κ1) is 26.0. The number of rotatable bonds is 9. The summed E-state index contributed by atoms with van der Waals surface area (Å²) in [4.78, 5) is 8.79. The van der Waals surface area contributed by atoms with Gasteiger partial charge in [-0.15, -0.1) is 0 Å². The van der Waals surface area contributed by atoms with Gasteiger partial charge in [0.15, 0.2) is 0 Å². The van der Waals surface area contributed by atoms with Gasteiger partial charge in [0.1, 0.15) is 53.6 Å². The Balaban J connectivity index is 1.35. The lowest BCUT2D eigenvalue weighted by molar-refractivity contribution is 0.306. The molecule has 0 aliphatic rings. The van der Waals surface area contributed by atoms with Crippen molar-refractivity contribution in [3.8, 4) is 17.1 Å². The van der Waals surface area contributed by atoms with Gasteiger partial charge in [0.25, 0.3) is 0 Å². The van der Waals surface area contributed by atoms with Crippen LogP contribution in [0, 0.1) is 5.82 Å². The van der Waals surface area contributed by atoms with Gasteiger partial charge in [0, 0.05) is 16.6 Å². The SMILES string of the molecule is C[S+]([O-])CC(N)c1ccc(-c2ccc3ncnc(Nc4ccc(OCc5cccc(F)c5)c(Cl)c4)c3c2)o1. The minimum atomic E-state index is -1.03. The maximum absolute atomic E-state index is 13.4. The van der Waals surface area contributed by atoms with Crippen molar-refractivity contribution in [3.05, 3.63) is 101 Å². The van der Waals surface area contributed by atoms with Crippen molar-refractivity contribution in [3.63, 3.8) is 0 Å². The summed E-state index contributed by atoms with van der Waals surface area (Å²) in [5, 5.41) is 4.48. The summed E-state index contributed by atoms with van der Waals surface area (Å²) in [6, 6.07) is 20.5. The fourth-order valence-electron chi connectivity index (χ4n) is 3.97. The van der Waals surface area contributed by atoms with Gasteiger partial charge in [-0.05, 0) is 66.2 Å². The molecule has 2 heterocycles. The summed E-state index contributed by atoms with van der Waals surface area (Å²) in [5.41, 5.74) is 9.10. The number of hydrogen-bond acceptors (Lipinski definition) is 7. The molecule has 2 atom stereocenters. The van der Waals surface area contributed by atoms with E-state index in [0.717, 1.165) is 16.5 Å². The van der Waals surface area contributed by atoms with Crippen molar-refractivity contribution < 1.29 is 18.1 Å². The first-order valence-corrected chi connectivity index (χ1v) is 13.8. The van der Waals surface area contributed by atoms with E-state index in [1.807, 2.05) is 30.3 Å². The van der Waals surface area contributed by atoms with Crippen molar-refractivity contribution >= 4 is 45.2 Å². The molecule has 3 N–H and O–H groups in total. The summed E-state index contributed by atoms with van der Waals surface area (Å²) in [5.74, 6) is 2.29. The summed E-state index contributed by atoms with van der Waals surface area (Å²) < 4.78 is 36.7. The molecular formula is C28H24ClFN4O3S. The molecule has 0 aliphatic carbocycles. The standard InChI is InChI=1S/C28H24ClFN4O3S/c1-38(35)15-23(31)27-10-9-25(37-27)18-5-7-24-21(12-18)28(33-16-32-24)34-20-6-8-26(22(29)13-20)36-14-17-3-2-4-19(30)11-17/h2-13,16,23H,14-15,31H2,1H3,(H,32,33,34). The van der Waals surface area contributed by atoms with Gasteiger partial charge < -0.3 is 24.8 Å². The zero-order valence-corrected chi connectivity index (χ0v) is 21.9. The number of anilines is 2. The Kier molecular flexibility index (Phi) is 7.80. The van der Waals surface area contributed by atoms with Crippen LogP contribution in [0.3, 0.4) is 0 Å². The van der Waals surface area contributed by atoms with Gasteiger partial charge in [-0.2, -0.15) is 0 Å². The molecule has 5 rings (SSSR count). The Morgan fingerprint density at radius 2 is 1.97 bits per heavy atom. The van der Waals surface area contributed by atoms with Crippen LogP contribution >= 0.6 is 11.6 Å². The number of hydrogen-bond donors (Lipinski definition) is 2. The van der Waals surface area contributed by atoms with Crippen LogP contribution in [0.1, 0.15) is 17.4 Å². The minimum absolute atomic E-state index is 0.194. The van der Waals surface area contributed by atoms with Crippen LogP contribution < -0.4 is 15.8 Å². The highest BCUT2D eigenvalue weighted by molar-refractivity contribution is 7.90. The molecule has 3 aromatic carbocycles. The maximum Gasteiger partial charge on any atom is 0.141 e. The average molecular weight is 551 g/mol. The van der Waals surface area contributed by atoms with Crippen molar-refractivity contribution in [1.82, 2.24) is 9.97 Å². The number of benzene rings is 3. The van der Waals surface area contributed by atoms with E-state index in [-0.39, 0.29) is 12.4 Å². The van der Waals surface area contributed by atoms with Crippen LogP contribution in [-0.2, 0) is 17.8 Å². The maximum atomic E-state index is 13.4. The first-order chi connectivity index (χ1) is 18.4. The number of nitrogens with one attached hydrogen (secondary N) is 1. The van der Waals surface area contributed by atoms with E-state index < -0.39 is 17.2 Å². The molecule has 0 radical (unpaired) electrons. The van der Waals surface area contributed by atoms with Crippen LogP contribution in [-0.4, -0.2) is 26.5 Å². The van der Waals surface area contributed by atoms with E-state index in [0.29, 0.717) is 45.1 Å². The monoisotopic (exact) mass is 550 g/mol.